The fourth-order valence-electron chi connectivity index (χ4n) is 1.06. The lowest BCUT2D eigenvalue weighted by Crippen LogP contribution is -2.32. The number of esters is 1. The quantitative estimate of drug-likeness (QED) is 0.693. The van der Waals surface area contributed by atoms with Crippen LogP contribution in [0.5, 0.6) is 0 Å². The average molecular weight is 218 g/mol. The number of carbonyl (C=O) groups excluding carboxylic acids is 1. The van der Waals surface area contributed by atoms with Crippen LogP contribution in [0.1, 0.15) is 41.0 Å². The van der Waals surface area contributed by atoms with Crippen molar-refractivity contribution < 1.29 is 19.7 Å². The van der Waals surface area contributed by atoms with Crippen molar-refractivity contribution in [3.8, 4) is 0 Å². The zero-order valence-electron chi connectivity index (χ0n) is 10.2. The molecule has 0 bridgehead atoms. The standard InChI is InChI=1S/C11H22O4/c1-7(8(2)12)9(13)6-10(14)15-11(3,4)5/h7-9,12-13H,6H2,1-5H3/t7-,8+,9+/m0/s1. The Morgan fingerprint density at radius 2 is 1.73 bits per heavy atom. The first kappa shape index (κ1) is 14.4. The van der Waals surface area contributed by atoms with E-state index in [9.17, 15) is 15.0 Å². The summed E-state index contributed by atoms with van der Waals surface area (Å²) in [4.78, 5) is 11.3. The Balaban J connectivity index is 4.08. The topological polar surface area (TPSA) is 66.8 Å². The van der Waals surface area contributed by atoms with Crippen molar-refractivity contribution in [2.75, 3.05) is 0 Å². The van der Waals surface area contributed by atoms with Crippen LogP contribution in [0.25, 0.3) is 0 Å². The van der Waals surface area contributed by atoms with Gasteiger partial charge >= 0.3 is 5.97 Å². The van der Waals surface area contributed by atoms with Crippen molar-refractivity contribution in [1.82, 2.24) is 0 Å². The van der Waals surface area contributed by atoms with Gasteiger partial charge in [-0.3, -0.25) is 4.79 Å². The van der Waals surface area contributed by atoms with Crippen molar-refractivity contribution >= 4 is 5.97 Å². The summed E-state index contributed by atoms with van der Waals surface area (Å²) in [5.74, 6) is -0.778. The predicted molar refractivity (Wildman–Crippen MR) is 57.3 cm³/mol. The molecule has 0 spiro atoms. The molecule has 0 heterocycles. The molecule has 0 unspecified atom stereocenters. The number of aliphatic hydroxyl groups is 2. The van der Waals surface area contributed by atoms with Crippen molar-refractivity contribution in [3.63, 3.8) is 0 Å². The van der Waals surface area contributed by atoms with E-state index >= 15 is 0 Å². The number of hydrogen-bond donors (Lipinski definition) is 2. The van der Waals surface area contributed by atoms with E-state index in [4.69, 9.17) is 4.74 Å². The van der Waals surface area contributed by atoms with Gasteiger partial charge in [0.1, 0.15) is 5.60 Å². The highest BCUT2D eigenvalue weighted by atomic mass is 16.6. The van der Waals surface area contributed by atoms with Gasteiger partial charge in [-0.2, -0.15) is 0 Å². The largest absolute Gasteiger partial charge is 0.460 e. The number of ether oxygens (including phenoxy) is 1. The Labute approximate surface area is 91.3 Å². The fourth-order valence-corrected chi connectivity index (χ4v) is 1.06. The molecule has 0 aromatic heterocycles. The fraction of sp³-hybridized carbons (Fsp3) is 0.909. The van der Waals surface area contributed by atoms with Gasteiger partial charge in [-0.15, -0.1) is 0 Å². The van der Waals surface area contributed by atoms with Crippen LogP contribution in [0, 0.1) is 5.92 Å². The summed E-state index contributed by atoms with van der Waals surface area (Å²) >= 11 is 0. The summed E-state index contributed by atoms with van der Waals surface area (Å²) in [7, 11) is 0. The van der Waals surface area contributed by atoms with Crippen molar-refractivity contribution in [3.05, 3.63) is 0 Å². The van der Waals surface area contributed by atoms with E-state index in [1.54, 1.807) is 34.6 Å². The minimum atomic E-state index is -0.861. The molecular weight excluding hydrogens is 196 g/mol. The summed E-state index contributed by atoms with van der Waals surface area (Å²) < 4.78 is 5.06. The van der Waals surface area contributed by atoms with Crippen molar-refractivity contribution in [1.29, 1.82) is 0 Å². The summed E-state index contributed by atoms with van der Waals surface area (Å²) in [5.41, 5.74) is -0.537. The Hall–Kier alpha value is -0.610. The Bertz CT molecular complexity index is 205. The minimum Gasteiger partial charge on any atom is -0.460 e. The Kier molecular flexibility index (Phi) is 5.24. The van der Waals surface area contributed by atoms with E-state index in [2.05, 4.69) is 0 Å². The first-order valence-electron chi connectivity index (χ1n) is 5.21. The van der Waals surface area contributed by atoms with Gasteiger partial charge < -0.3 is 14.9 Å². The van der Waals surface area contributed by atoms with Crippen molar-refractivity contribution in [2.24, 2.45) is 5.92 Å². The monoisotopic (exact) mass is 218 g/mol. The van der Waals surface area contributed by atoms with Gasteiger partial charge in [0, 0.05) is 5.92 Å². The maximum Gasteiger partial charge on any atom is 0.308 e. The van der Waals surface area contributed by atoms with Gasteiger partial charge in [0.25, 0.3) is 0 Å². The van der Waals surface area contributed by atoms with Gasteiger partial charge in [0.2, 0.25) is 0 Å². The molecule has 0 aromatic carbocycles. The molecule has 0 aliphatic rings. The van der Waals surface area contributed by atoms with Crippen LogP contribution in [0.15, 0.2) is 0 Å². The molecule has 0 aliphatic carbocycles. The molecule has 0 aromatic rings. The molecule has 0 saturated heterocycles. The van der Waals surface area contributed by atoms with E-state index in [1.165, 1.54) is 0 Å². The number of rotatable bonds is 4. The number of carbonyl (C=O) groups is 1. The average Bonchev–Trinajstić information content (AvgIpc) is 1.98. The molecule has 0 saturated carbocycles. The second-order valence-corrected chi connectivity index (χ2v) is 4.96. The summed E-state index contributed by atoms with van der Waals surface area (Å²) in [6.45, 7) is 8.60. The zero-order chi connectivity index (χ0) is 12.2. The predicted octanol–water partition coefficient (Wildman–Crippen LogP) is 1.10. The normalized spacial score (nSPS) is 18.1. The first-order chi connectivity index (χ1) is 6.63. The van der Waals surface area contributed by atoms with Crippen LogP contribution in [-0.2, 0) is 9.53 Å². The van der Waals surface area contributed by atoms with Crippen molar-refractivity contribution in [2.45, 2.75) is 58.8 Å². The molecule has 0 fully saturated rings. The molecule has 0 rings (SSSR count). The smallest absolute Gasteiger partial charge is 0.308 e. The van der Waals surface area contributed by atoms with Gasteiger partial charge in [-0.25, -0.2) is 0 Å². The molecular formula is C11H22O4. The maximum atomic E-state index is 11.3. The van der Waals surface area contributed by atoms with E-state index in [1.807, 2.05) is 0 Å². The second-order valence-electron chi connectivity index (χ2n) is 4.96. The van der Waals surface area contributed by atoms with Crippen LogP contribution in [0.2, 0.25) is 0 Å². The van der Waals surface area contributed by atoms with Crippen LogP contribution in [0.3, 0.4) is 0 Å². The molecule has 2 N–H and O–H groups in total. The van der Waals surface area contributed by atoms with Gasteiger partial charge in [0.05, 0.1) is 18.6 Å². The van der Waals surface area contributed by atoms with Crippen LogP contribution >= 0.6 is 0 Å². The van der Waals surface area contributed by atoms with Gasteiger partial charge in [-0.1, -0.05) is 6.92 Å². The van der Waals surface area contributed by atoms with E-state index < -0.39 is 23.8 Å². The second kappa shape index (κ2) is 5.47. The molecule has 90 valence electrons. The molecule has 4 nitrogen and oxygen atoms in total. The molecule has 0 radical (unpaired) electrons. The summed E-state index contributed by atoms with van der Waals surface area (Å²) in [5, 5.41) is 18.8. The highest BCUT2D eigenvalue weighted by molar-refractivity contribution is 5.70. The lowest BCUT2D eigenvalue weighted by molar-refractivity contribution is -0.158. The number of aliphatic hydroxyl groups excluding tert-OH is 2. The van der Waals surface area contributed by atoms with Crippen LogP contribution in [0.4, 0.5) is 0 Å². The SMILES string of the molecule is C[C@H]([C@H](O)CC(=O)OC(C)(C)C)[C@@H](C)O. The maximum absolute atomic E-state index is 11.3. The Morgan fingerprint density at radius 1 is 1.27 bits per heavy atom. The van der Waals surface area contributed by atoms with E-state index in [0.29, 0.717) is 0 Å². The highest BCUT2D eigenvalue weighted by Crippen LogP contribution is 2.15. The molecule has 15 heavy (non-hydrogen) atoms. The number of hydrogen-bond acceptors (Lipinski definition) is 4. The van der Waals surface area contributed by atoms with Gasteiger partial charge in [0.15, 0.2) is 0 Å². The third-order valence-electron chi connectivity index (χ3n) is 2.16. The summed E-state index contributed by atoms with van der Waals surface area (Å²) in [6, 6.07) is 0. The third kappa shape index (κ3) is 6.47. The third-order valence-corrected chi connectivity index (χ3v) is 2.16. The van der Waals surface area contributed by atoms with Gasteiger partial charge in [-0.05, 0) is 27.7 Å². The Morgan fingerprint density at radius 3 is 2.07 bits per heavy atom. The zero-order valence-corrected chi connectivity index (χ0v) is 10.2. The summed E-state index contributed by atoms with van der Waals surface area (Å²) in [6.07, 6.45) is -1.58. The minimum absolute atomic E-state index is 0.0800. The molecule has 0 amide bonds. The molecule has 3 atom stereocenters. The molecule has 0 aliphatic heterocycles. The van der Waals surface area contributed by atoms with Crippen LogP contribution < -0.4 is 0 Å². The molecule has 4 heteroatoms. The highest BCUT2D eigenvalue weighted by Gasteiger charge is 2.24. The van der Waals surface area contributed by atoms with E-state index in [-0.39, 0.29) is 12.3 Å². The first-order valence-corrected chi connectivity index (χ1v) is 5.21. The lowest BCUT2D eigenvalue weighted by atomic mass is 9.97. The van der Waals surface area contributed by atoms with E-state index in [0.717, 1.165) is 0 Å². The lowest BCUT2D eigenvalue weighted by Gasteiger charge is -2.23. The van der Waals surface area contributed by atoms with Crippen LogP contribution in [-0.4, -0.2) is 34.0 Å².